The quantitative estimate of drug-likeness (QED) is 0.658. The molecule has 0 unspecified atom stereocenters. The normalized spacial score (nSPS) is 10.3. The van der Waals surface area contributed by atoms with Crippen LogP contribution in [0.5, 0.6) is 0 Å². The average Bonchev–Trinajstić information content (AvgIpc) is 2.51. The maximum Gasteiger partial charge on any atom is 0.429 e. The molecule has 0 heterocycles. The number of halogens is 1. The first-order chi connectivity index (χ1) is 10.6. The number of nitrogens with two attached hydrogens (primary N) is 1. The van der Waals surface area contributed by atoms with E-state index in [9.17, 15) is 9.18 Å². The molecule has 0 spiro atoms. The fourth-order valence-electron chi connectivity index (χ4n) is 1.90. The largest absolute Gasteiger partial charge is 0.449 e. The predicted molar refractivity (Wildman–Crippen MR) is 83.6 cm³/mol. The molecule has 0 radical (unpaired) electrons. The Morgan fingerprint density at radius 3 is 2.55 bits per heavy atom. The molecule has 0 aliphatic heterocycles. The lowest BCUT2D eigenvalue weighted by atomic mass is 10.2. The smallest absolute Gasteiger partial charge is 0.429 e. The topological polar surface area (TPSA) is 67.6 Å². The lowest BCUT2D eigenvalue weighted by Crippen LogP contribution is -2.43. The molecule has 0 aromatic heterocycles. The summed E-state index contributed by atoms with van der Waals surface area (Å²) in [5.41, 5.74) is 10.6. The summed E-state index contributed by atoms with van der Waals surface area (Å²) in [6.45, 7) is 2.30. The zero-order valence-corrected chi connectivity index (χ0v) is 12.3. The van der Waals surface area contributed by atoms with Gasteiger partial charge in [0.1, 0.15) is 5.82 Å². The second-order valence-corrected chi connectivity index (χ2v) is 4.55. The fourth-order valence-corrected chi connectivity index (χ4v) is 1.90. The number of nitrogens with zero attached hydrogens (tertiary/aromatic N) is 1. The molecule has 116 valence electrons. The van der Waals surface area contributed by atoms with Crippen LogP contribution in [0.4, 0.5) is 20.6 Å². The molecule has 3 N–H and O–H groups in total. The minimum atomic E-state index is -0.553. The van der Waals surface area contributed by atoms with Crippen LogP contribution in [0, 0.1) is 5.82 Å². The standard InChI is InChI=1S/C16H18FN3O2/c1-2-22-16(21)20(15-6-4-3-5-14(15)18)19-11-12-7-9-13(17)10-8-12/h3-10,19H,2,11,18H2,1H3. The van der Waals surface area contributed by atoms with Gasteiger partial charge in [0, 0.05) is 6.54 Å². The summed E-state index contributed by atoms with van der Waals surface area (Å²) in [7, 11) is 0. The van der Waals surface area contributed by atoms with E-state index < -0.39 is 6.09 Å². The summed E-state index contributed by atoms with van der Waals surface area (Å²) in [4.78, 5) is 12.1. The van der Waals surface area contributed by atoms with Gasteiger partial charge in [0.25, 0.3) is 0 Å². The van der Waals surface area contributed by atoms with Gasteiger partial charge in [-0.2, -0.15) is 0 Å². The molecule has 2 aromatic rings. The zero-order valence-electron chi connectivity index (χ0n) is 12.3. The van der Waals surface area contributed by atoms with Crippen molar-refractivity contribution >= 4 is 17.5 Å². The molecule has 0 fully saturated rings. The van der Waals surface area contributed by atoms with E-state index in [1.165, 1.54) is 17.1 Å². The minimum absolute atomic E-state index is 0.250. The van der Waals surface area contributed by atoms with Gasteiger partial charge < -0.3 is 10.5 Å². The van der Waals surface area contributed by atoms with Crippen LogP contribution >= 0.6 is 0 Å². The van der Waals surface area contributed by atoms with E-state index in [4.69, 9.17) is 10.5 Å². The van der Waals surface area contributed by atoms with Crippen molar-refractivity contribution in [3.8, 4) is 0 Å². The Bertz CT molecular complexity index is 632. The number of anilines is 2. The number of carbonyl (C=O) groups excluding carboxylic acids is 1. The molecule has 6 heteroatoms. The molecule has 22 heavy (non-hydrogen) atoms. The second-order valence-electron chi connectivity index (χ2n) is 4.55. The summed E-state index contributed by atoms with van der Waals surface area (Å²) in [6.07, 6.45) is -0.553. The number of hydrogen-bond acceptors (Lipinski definition) is 4. The van der Waals surface area contributed by atoms with Crippen LogP contribution < -0.4 is 16.2 Å². The number of carbonyl (C=O) groups is 1. The predicted octanol–water partition coefficient (Wildman–Crippen LogP) is 3.08. The Hall–Kier alpha value is -2.60. The first kappa shape index (κ1) is 15.8. The van der Waals surface area contributed by atoms with Gasteiger partial charge in [-0.3, -0.25) is 0 Å². The van der Waals surface area contributed by atoms with Crippen molar-refractivity contribution in [2.75, 3.05) is 17.3 Å². The first-order valence-corrected chi connectivity index (χ1v) is 6.91. The number of nitrogen functional groups attached to an aromatic ring is 1. The van der Waals surface area contributed by atoms with Crippen LogP contribution in [0.15, 0.2) is 48.5 Å². The Kier molecular flexibility index (Phi) is 5.32. The van der Waals surface area contributed by atoms with Gasteiger partial charge >= 0.3 is 6.09 Å². The van der Waals surface area contributed by atoms with E-state index in [1.807, 2.05) is 0 Å². The van der Waals surface area contributed by atoms with Gasteiger partial charge in [-0.1, -0.05) is 24.3 Å². The van der Waals surface area contributed by atoms with Gasteiger partial charge in [-0.15, -0.1) is 0 Å². The summed E-state index contributed by atoms with van der Waals surface area (Å²) in [5.74, 6) is -0.307. The lowest BCUT2D eigenvalue weighted by Gasteiger charge is -2.24. The van der Waals surface area contributed by atoms with E-state index >= 15 is 0 Å². The summed E-state index contributed by atoms with van der Waals surface area (Å²) >= 11 is 0. The van der Waals surface area contributed by atoms with Gasteiger partial charge in [0.15, 0.2) is 0 Å². The highest BCUT2D eigenvalue weighted by Gasteiger charge is 2.18. The van der Waals surface area contributed by atoms with Crippen LogP contribution in [-0.4, -0.2) is 12.7 Å². The Balaban J connectivity index is 2.16. The van der Waals surface area contributed by atoms with Crippen LogP contribution in [0.25, 0.3) is 0 Å². The van der Waals surface area contributed by atoms with Crippen LogP contribution in [0.3, 0.4) is 0 Å². The number of para-hydroxylation sites is 2. The van der Waals surface area contributed by atoms with E-state index in [1.54, 1.807) is 43.3 Å². The van der Waals surface area contributed by atoms with Crippen molar-refractivity contribution < 1.29 is 13.9 Å². The Morgan fingerprint density at radius 2 is 1.91 bits per heavy atom. The minimum Gasteiger partial charge on any atom is -0.449 e. The summed E-state index contributed by atoms with van der Waals surface area (Å²) < 4.78 is 17.9. The third kappa shape index (κ3) is 3.95. The number of hydrazine groups is 1. The number of amides is 1. The van der Waals surface area contributed by atoms with Crippen LogP contribution in [0.1, 0.15) is 12.5 Å². The van der Waals surface area contributed by atoms with E-state index in [2.05, 4.69) is 5.43 Å². The third-order valence-corrected chi connectivity index (χ3v) is 2.98. The van der Waals surface area contributed by atoms with Gasteiger partial charge in [-0.25, -0.2) is 19.6 Å². The molecule has 0 aliphatic carbocycles. The van der Waals surface area contributed by atoms with Gasteiger partial charge in [0.05, 0.1) is 18.0 Å². The molecule has 5 nitrogen and oxygen atoms in total. The van der Waals surface area contributed by atoms with E-state index in [0.29, 0.717) is 17.9 Å². The molecule has 0 saturated carbocycles. The molecule has 1 amide bonds. The molecule has 0 bridgehead atoms. The number of ether oxygens (including phenoxy) is 1. The number of rotatable bonds is 5. The maximum absolute atomic E-state index is 12.9. The maximum atomic E-state index is 12.9. The number of hydrogen-bond donors (Lipinski definition) is 2. The Labute approximate surface area is 128 Å². The first-order valence-electron chi connectivity index (χ1n) is 6.91. The number of benzene rings is 2. The highest BCUT2D eigenvalue weighted by Crippen LogP contribution is 2.22. The molecular formula is C16H18FN3O2. The molecule has 0 aliphatic rings. The second kappa shape index (κ2) is 7.42. The molecular weight excluding hydrogens is 285 g/mol. The fraction of sp³-hybridized carbons (Fsp3) is 0.188. The van der Waals surface area contributed by atoms with Crippen LogP contribution in [0.2, 0.25) is 0 Å². The van der Waals surface area contributed by atoms with E-state index in [-0.39, 0.29) is 12.4 Å². The highest BCUT2D eigenvalue weighted by atomic mass is 19.1. The molecule has 0 saturated heterocycles. The van der Waals surface area contributed by atoms with Crippen molar-refractivity contribution in [3.05, 3.63) is 59.9 Å². The average molecular weight is 303 g/mol. The monoisotopic (exact) mass is 303 g/mol. The highest BCUT2D eigenvalue weighted by molar-refractivity contribution is 5.90. The van der Waals surface area contributed by atoms with Crippen molar-refractivity contribution in [1.82, 2.24) is 5.43 Å². The van der Waals surface area contributed by atoms with Crippen molar-refractivity contribution in [1.29, 1.82) is 0 Å². The molecule has 2 rings (SSSR count). The summed E-state index contributed by atoms with van der Waals surface area (Å²) in [5, 5.41) is 1.25. The third-order valence-electron chi connectivity index (χ3n) is 2.98. The zero-order chi connectivity index (χ0) is 15.9. The van der Waals surface area contributed by atoms with Crippen LogP contribution in [-0.2, 0) is 11.3 Å². The van der Waals surface area contributed by atoms with Gasteiger partial charge in [0.2, 0.25) is 0 Å². The SMILES string of the molecule is CCOC(=O)N(NCc1ccc(F)cc1)c1ccccc1N. The van der Waals surface area contributed by atoms with Crippen molar-refractivity contribution in [3.63, 3.8) is 0 Å². The molecule has 0 atom stereocenters. The van der Waals surface area contributed by atoms with Gasteiger partial charge in [-0.05, 0) is 36.8 Å². The molecule has 2 aromatic carbocycles. The van der Waals surface area contributed by atoms with E-state index in [0.717, 1.165) is 5.56 Å². The number of nitrogens with one attached hydrogen (secondary N) is 1. The lowest BCUT2D eigenvalue weighted by molar-refractivity contribution is 0.156. The summed E-state index contributed by atoms with van der Waals surface area (Å²) in [6, 6.07) is 13.0. The van der Waals surface area contributed by atoms with Crippen molar-refractivity contribution in [2.24, 2.45) is 0 Å². The Morgan fingerprint density at radius 1 is 1.23 bits per heavy atom. The van der Waals surface area contributed by atoms with Crippen molar-refractivity contribution in [2.45, 2.75) is 13.5 Å².